The number of nitrogens with zero attached hydrogens (tertiary/aromatic N) is 1. The average molecular weight is 266 g/mol. The van der Waals surface area contributed by atoms with Crippen molar-refractivity contribution in [2.75, 3.05) is 13.1 Å². The van der Waals surface area contributed by atoms with Gasteiger partial charge in [-0.3, -0.25) is 9.69 Å². The number of hydrogen-bond acceptors (Lipinski definition) is 2. The van der Waals surface area contributed by atoms with E-state index >= 15 is 0 Å². The molecular formula is C16H30N2O. The smallest absolute Gasteiger partial charge is 0.217 e. The van der Waals surface area contributed by atoms with Crippen LogP contribution in [-0.4, -0.2) is 36.0 Å². The highest BCUT2D eigenvalue weighted by atomic mass is 16.1. The number of piperidine rings is 1. The first-order chi connectivity index (χ1) is 9.06. The molecule has 0 bridgehead atoms. The summed E-state index contributed by atoms with van der Waals surface area (Å²) in [6, 6.07) is 1.13. The molecule has 2 aliphatic rings. The van der Waals surface area contributed by atoms with Gasteiger partial charge >= 0.3 is 0 Å². The molecule has 2 unspecified atom stereocenters. The molecule has 1 amide bonds. The molecule has 2 fully saturated rings. The first-order valence-electron chi connectivity index (χ1n) is 8.07. The van der Waals surface area contributed by atoms with Crippen LogP contribution in [0.25, 0.3) is 0 Å². The summed E-state index contributed by atoms with van der Waals surface area (Å²) >= 11 is 0. The molecule has 1 saturated carbocycles. The lowest BCUT2D eigenvalue weighted by molar-refractivity contribution is -0.120. The van der Waals surface area contributed by atoms with E-state index in [-0.39, 0.29) is 5.91 Å². The molecule has 3 heteroatoms. The minimum Gasteiger partial charge on any atom is -0.352 e. The summed E-state index contributed by atoms with van der Waals surface area (Å²) in [6.07, 6.45) is 8.05. The lowest BCUT2D eigenvalue weighted by Gasteiger charge is -2.44. The monoisotopic (exact) mass is 266 g/mol. The predicted octanol–water partition coefficient (Wildman–Crippen LogP) is 2.80. The normalized spacial score (nSPS) is 30.5. The van der Waals surface area contributed by atoms with Gasteiger partial charge in [0.1, 0.15) is 0 Å². The molecule has 0 spiro atoms. The largest absolute Gasteiger partial charge is 0.352 e. The minimum atomic E-state index is 0.123. The van der Waals surface area contributed by atoms with E-state index in [0.717, 1.165) is 24.9 Å². The molecule has 0 radical (unpaired) electrons. The van der Waals surface area contributed by atoms with Crippen molar-refractivity contribution >= 4 is 5.91 Å². The summed E-state index contributed by atoms with van der Waals surface area (Å²) in [4.78, 5) is 14.0. The number of carbonyl (C=O) groups excluding carboxylic acids is 1. The van der Waals surface area contributed by atoms with Crippen molar-refractivity contribution in [3.05, 3.63) is 0 Å². The van der Waals surface area contributed by atoms with Gasteiger partial charge in [0.25, 0.3) is 0 Å². The Morgan fingerprint density at radius 1 is 1.16 bits per heavy atom. The van der Waals surface area contributed by atoms with Crippen molar-refractivity contribution < 1.29 is 4.79 Å². The zero-order chi connectivity index (χ0) is 13.8. The van der Waals surface area contributed by atoms with Gasteiger partial charge in [-0.05, 0) is 31.1 Å². The van der Waals surface area contributed by atoms with Crippen LogP contribution in [0.5, 0.6) is 0 Å². The summed E-state index contributed by atoms with van der Waals surface area (Å²) in [5, 5.41) is 3.16. The van der Waals surface area contributed by atoms with E-state index < -0.39 is 0 Å². The SMILES string of the molecule is CC(=O)NC1CC(C(C)C)CN(C2CCCCC2)C1. The molecule has 1 N–H and O–H groups in total. The van der Waals surface area contributed by atoms with E-state index in [9.17, 15) is 4.79 Å². The van der Waals surface area contributed by atoms with E-state index in [1.54, 1.807) is 6.92 Å². The second kappa shape index (κ2) is 6.74. The van der Waals surface area contributed by atoms with Crippen LogP contribution in [0.1, 0.15) is 59.3 Å². The number of amides is 1. The van der Waals surface area contributed by atoms with E-state index in [1.807, 2.05) is 0 Å². The lowest BCUT2D eigenvalue weighted by atomic mass is 9.83. The average Bonchev–Trinajstić information content (AvgIpc) is 2.38. The van der Waals surface area contributed by atoms with Crippen molar-refractivity contribution in [3.8, 4) is 0 Å². The minimum absolute atomic E-state index is 0.123. The standard InChI is InChI=1S/C16H30N2O/c1-12(2)14-9-15(17-13(3)19)11-18(10-14)16-7-5-4-6-8-16/h12,14-16H,4-11H2,1-3H3,(H,17,19). The maximum absolute atomic E-state index is 11.3. The van der Waals surface area contributed by atoms with E-state index in [1.165, 1.54) is 38.6 Å². The van der Waals surface area contributed by atoms with Crippen molar-refractivity contribution in [2.45, 2.75) is 71.4 Å². The fourth-order valence-corrected chi connectivity index (χ4v) is 3.79. The molecule has 1 heterocycles. The summed E-state index contributed by atoms with van der Waals surface area (Å²) in [5.74, 6) is 1.56. The molecule has 0 aromatic rings. The van der Waals surface area contributed by atoms with Gasteiger partial charge in [0.2, 0.25) is 5.91 Å². The third kappa shape index (κ3) is 4.20. The van der Waals surface area contributed by atoms with Gasteiger partial charge < -0.3 is 5.32 Å². The Bertz CT molecular complexity index is 297. The zero-order valence-electron chi connectivity index (χ0n) is 12.8. The quantitative estimate of drug-likeness (QED) is 0.852. The number of carbonyl (C=O) groups is 1. The van der Waals surface area contributed by atoms with Gasteiger partial charge in [0, 0.05) is 32.1 Å². The van der Waals surface area contributed by atoms with Crippen LogP contribution in [0, 0.1) is 11.8 Å². The zero-order valence-corrected chi connectivity index (χ0v) is 12.8. The Kier molecular flexibility index (Phi) is 5.26. The number of likely N-dealkylation sites (tertiary alicyclic amines) is 1. The number of rotatable bonds is 3. The second-order valence-corrected chi connectivity index (χ2v) is 6.88. The highest BCUT2D eigenvalue weighted by Crippen LogP contribution is 2.30. The maximum atomic E-state index is 11.3. The molecule has 1 aliphatic carbocycles. The summed E-state index contributed by atoms with van der Waals surface area (Å²) in [6.45, 7) is 8.58. The predicted molar refractivity (Wildman–Crippen MR) is 79.0 cm³/mol. The van der Waals surface area contributed by atoms with Crippen LogP contribution >= 0.6 is 0 Å². The molecule has 110 valence electrons. The van der Waals surface area contributed by atoms with Crippen LogP contribution in [0.15, 0.2) is 0 Å². The van der Waals surface area contributed by atoms with Gasteiger partial charge in [0.15, 0.2) is 0 Å². The molecule has 0 aromatic carbocycles. The van der Waals surface area contributed by atoms with Crippen LogP contribution in [0.3, 0.4) is 0 Å². The Morgan fingerprint density at radius 3 is 2.42 bits per heavy atom. The van der Waals surface area contributed by atoms with Crippen molar-refractivity contribution in [3.63, 3.8) is 0 Å². The molecule has 3 nitrogen and oxygen atoms in total. The van der Waals surface area contributed by atoms with E-state index in [2.05, 4.69) is 24.1 Å². The Morgan fingerprint density at radius 2 is 1.84 bits per heavy atom. The number of hydrogen-bond donors (Lipinski definition) is 1. The van der Waals surface area contributed by atoms with Crippen LogP contribution in [0.4, 0.5) is 0 Å². The topological polar surface area (TPSA) is 32.3 Å². The van der Waals surface area contributed by atoms with Crippen LogP contribution in [-0.2, 0) is 4.79 Å². The Hall–Kier alpha value is -0.570. The highest BCUT2D eigenvalue weighted by molar-refractivity contribution is 5.73. The Balaban J connectivity index is 1.98. The van der Waals surface area contributed by atoms with Gasteiger partial charge in [0.05, 0.1) is 0 Å². The molecular weight excluding hydrogens is 236 g/mol. The molecule has 1 saturated heterocycles. The molecule has 2 atom stereocenters. The fourth-order valence-electron chi connectivity index (χ4n) is 3.79. The summed E-state index contributed by atoms with van der Waals surface area (Å²) in [7, 11) is 0. The van der Waals surface area contributed by atoms with Crippen molar-refractivity contribution in [1.82, 2.24) is 10.2 Å². The Labute approximate surface area is 118 Å². The van der Waals surface area contributed by atoms with Crippen LogP contribution in [0.2, 0.25) is 0 Å². The number of nitrogens with one attached hydrogen (secondary N) is 1. The lowest BCUT2D eigenvalue weighted by Crippen LogP contribution is -2.54. The maximum Gasteiger partial charge on any atom is 0.217 e. The first-order valence-corrected chi connectivity index (χ1v) is 8.07. The van der Waals surface area contributed by atoms with Gasteiger partial charge in [-0.1, -0.05) is 33.1 Å². The molecule has 1 aliphatic heterocycles. The molecule has 19 heavy (non-hydrogen) atoms. The van der Waals surface area contributed by atoms with Gasteiger partial charge in [-0.25, -0.2) is 0 Å². The summed E-state index contributed by atoms with van der Waals surface area (Å²) < 4.78 is 0. The first kappa shape index (κ1) is 14.8. The highest BCUT2D eigenvalue weighted by Gasteiger charge is 2.33. The summed E-state index contributed by atoms with van der Waals surface area (Å²) in [5.41, 5.74) is 0. The van der Waals surface area contributed by atoms with Crippen molar-refractivity contribution in [2.24, 2.45) is 11.8 Å². The molecule has 2 rings (SSSR count). The van der Waals surface area contributed by atoms with Gasteiger partial charge in [-0.2, -0.15) is 0 Å². The fraction of sp³-hybridized carbons (Fsp3) is 0.938. The third-order valence-electron chi connectivity index (χ3n) is 4.95. The third-order valence-corrected chi connectivity index (χ3v) is 4.95. The van der Waals surface area contributed by atoms with E-state index in [4.69, 9.17) is 0 Å². The van der Waals surface area contributed by atoms with Crippen molar-refractivity contribution in [1.29, 1.82) is 0 Å². The second-order valence-electron chi connectivity index (χ2n) is 6.88. The van der Waals surface area contributed by atoms with Crippen LogP contribution < -0.4 is 5.32 Å². The van der Waals surface area contributed by atoms with E-state index in [0.29, 0.717) is 12.0 Å². The molecule has 0 aromatic heterocycles. The van der Waals surface area contributed by atoms with Gasteiger partial charge in [-0.15, -0.1) is 0 Å².